The average molecular weight is 753 g/mol. The molecule has 2 aliphatic rings. The zero-order chi connectivity index (χ0) is 39.7. The van der Waals surface area contributed by atoms with E-state index < -0.39 is 35.2 Å². The topological polar surface area (TPSA) is 189 Å². The van der Waals surface area contributed by atoms with Crippen molar-refractivity contribution in [3.63, 3.8) is 0 Å². The number of hydrogen-bond acceptors (Lipinski definition) is 8. The minimum absolute atomic E-state index is 0.155. The zero-order valence-corrected chi connectivity index (χ0v) is 32.6. The second kappa shape index (κ2) is 15.6. The Balaban J connectivity index is 1.12. The number of methoxy groups -OCH3 is 1. The maximum atomic E-state index is 13.7. The van der Waals surface area contributed by atoms with E-state index in [1.54, 1.807) is 17.3 Å². The zero-order valence-electron chi connectivity index (χ0n) is 32.6. The highest BCUT2D eigenvalue weighted by Gasteiger charge is 2.43. The summed E-state index contributed by atoms with van der Waals surface area (Å²) in [5, 5.41) is 2.73. The van der Waals surface area contributed by atoms with Crippen molar-refractivity contribution in [2.24, 2.45) is 16.6 Å². The summed E-state index contributed by atoms with van der Waals surface area (Å²) in [7, 11) is 1.29. The third-order valence-electron chi connectivity index (χ3n) is 10.4. The van der Waals surface area contributed by atoms with E-state index in [0.717, 1.165) is 59.3 Å². The number of likely N-dealkylation sites (tertiary alicyclic amines) is 2. The quantitative estimate of drug-likeness (QED) is 0.145. The normalized spacial score (nSPS) is 18.5. The van der Waals surface area contributed by atoms with Crippen LogP contribution in [0.15, 0.2) is 60.9 Å². The molecule has 4 amide bonds. The predicted molar refractivity (Wildman–Crippen MR) is 207 cm³/mol. The largest absolute Gasteiger partial charge is 0.453 e. The van der Waals surface area contributed by atoms with E-state index in [-0.39, 0.29) is 23.9 Å². The highest BCUT2D eigenvalue weighted by Crippen LogP contribution is 2.37. The third-order valence-corrected chi connectivity index (χ3v) is 10.4. The molecule has 292 valence electrons. The van der Waals surface area contributed by atoms with Crippen LogP contribution in [0.25, 0.3) is 33.6 Å². The molecular formula is C41H52N8O6. The maximum Gasteiger partial charge on any atom is 0.407 e. The molecule has 55 heavy (non-hydrogen) atoms. The summed E-state index contributed by atoms with van der Waals surface area (Å²) in [6, 6.07) is 15.2. The molecule has 14 nitrogen and oxygen atoms in total. The van der Waals surface area contributed by atoms with Gasteiger partial charge in [-0.3, -0.25) is 9.59 Å². The minimum atomic E-state index is -0.996. The molecule has 0 bridgehead atoms. The van der Waals surface area contributed by atoms with Crippen LogP contribution < -0.4 is 11.1 Å². The van der Waals surface area contributed by atoms with Crippen LogP contribution >= 0.6 is 0 Å². The van der Waals surface area contributed by atoms with Gasteiger partial charge in [-0.2, -0.15) is 0 Å². The number of nitrogens with one attached hydrogen (secondary N) is 3. The molecule has 2 aromatic carbocycles. The van der Waals surface area contributed by atoms with E-state index in [4.69, 9.17) is 15.2 Å². The van der Waals surface area contributed by atoms with Crippen molar-refractivity contribution >= 4 is 24.0 Å². The predicted octanol–water partition coefficient (Wildman–Crippen LogP) is 6.74. The summed E-state index contributed by atoms with van der Waals surface area (Å²) < 4.78 is 10.1. The van der Waals surface area contributed by atoms with Crippen molar-refractivity contribution in [1.29, 1.82) is 0 Å². The van der Waals surface area contributed by atoms with Crippen LogP contribution in [-0.4, -0.2) is 86.1 Å². The Morgan fingerprint density at radius 2 is 1.16 bits per heavy atom. The highest BCUT2D eigenvalue weighted by atomic mass is 16.6. The first-order chi connectivity index (χ1) is 26.0. The Kier molecular flexibility index (Phi) is 11.1. The van der Waals surface area contributed by atoms with Gasteiger partial charge in [0.2, 0.25) is 5.91 Å². The fourth-order valence-electron chi connectivity index (χ4n) is 7.47. The van der Waals surface area contributed by atoms with Crippen LogP contribution in [0, 0.1) is 10.8 Å². The Hall–Kier alpha value is -5.66. The smallest absolute Gasteiger partial charge is 0.407 e. The second-order valence-electron chi connectivity index (χ2n) is 16.5. The number of aromatic amines is 2. The number of carbonyl (C=O) groups is 4. The van der Waals surface area contributed by atoms with Gasteiger partial charge in [0.25, 0.3) is 5.91 Å². The maximum absolute atomic E-state index is 13.7. The number of nitrogens with zero attached hydrogens (tertiary/aromatic N) is 4. The van der Waals surface area contributed by atoms with Gasteiger partial charge in [-0.05, 0) is 53.4 Å². The molecule has 2 saturated heterocycles. The Morgan fingerprint density at radius 3 is 1.56 bits per heavy atom. The standard InChI is InChI=1S/C41H52N8O6/c1-40(2,3)32(47-39(53)54-7)36(50)48-20-8-10-30(48)34-43-22-28(45-34)26-16-12-24(13-17-26)25-14-18-27(19-15-25)29-23-44-35(46-29)31-11-9-21-49(31)37(51)33(41(4,5)6)55-38(42)52/h12-19,22-23,30-33H,8-11,20-21H2,1-7H3,(H2,42,52)(H,43,45)(H,44,46)(H,47,53)/t30-,31-,32+,33+/m0/s1. The molecule has 2 aliphatic heterocycles. The molecule has 4 heterocycles. The van der Waals surface area contributed by atoms with Crippen LogP contribution in [0.4, 0.5) is 9.59 Å². The molecule has 0 unspecified atom stereocenters. The molecule has 0 radical (unpaired) electrons. The van der Waals surface area contributed by atoms with Crippen LogP contribution in [-0.2, 0) is 19.1 Å². The first-order valence-electron chi connectivity index (χ1n) is 18.8. The van der Waals surface area contributed by atoms with Crippen molar-refractivity contribution in [3.05, 3.63) is 72.6 Å². The second-order valence-corrected chi connectivity index (χ2v) is 16.5. The number of ether oxygens (including phenoxy) is 2. The lowest BCUT2D eigenvalue weighted by Gasteiger charge is -2.35. The van der Waals surface area contributed by atoms with E-state index in [1.165, 1.54) is 7.11 Å². The van der Waals surface area contributed by atoms with Gasteiger partial charge in [0.1, 0.15) is 17.7 Å². The molecule has 0 saturated carbocycles. The van der Waals surface area contributed by atoms with Gasteiger partial charge in [0, 0.05) is 18.5 Å². The minimum Gasteiger partial charge on any atom is -0.453 e. The number of alkyl carbamates (subject to hydrolysis) is 1. The number of aromatic nitrogens is 4. The Bertz CT molecular complexity index is 2010. The van der Waals surface area contributed by atoms with Crippen molar-refractivity contribution in [2.75, 3.05) is 20.2 Å². The first-order valence-corrected chi connectivity index (χ1v) is 18.8. The van der Waals surface area contributed by atoms with Gasteiger partial charge in [-0.15, -0.1) is 0 Å². The molecular weight excluding hydrogens is 701 g/mol. The number of H-pyrrole nitrogens is 2. The van der Waals surface area contributed by atoms with E-state index in [0.29, 0.717) is 24.7 Å². The number of carbonyl (C=O) groups excluding carboxylic acids is 4. The molecule has 0 aliphatic carbocycles. The number of imidazole rings is 2. The highest BCUT2D eigenvalue weighted by molar-refractivity contribution is 5.87. The lowest BCUT2D eigenvalue weighted by molar-refractivity contribution is -0.147. The van der Waals surface area contributed by atoms with Crippen molar-refractivity contribution in [2.45, 2.75) is 91.5 Å². The van der Waals surface area contributed by atoms with Crippen LogP contribution in [0.2, 0.25) is 0 Å². The van der Waals surface area contributed by atoms with E-state index in [1.807, 2.05) is 70.7 Å². The monoisotopic (exact) mass is 752 g/mol. The van der Waals surface area contributed by atoms with E-state index >= 15 is 0 Å². The lowest BCUT2D eigenvalue weighted by Crippen LogP contribution is -2.54. The van der Waals surface area contributed by atoms with E-state index in [2.05, 4.69) is 49.5 Å². The summed E-state index contributed by atoms with van der Waals surface area (Å²) in [6.07, 6.45) is 4.14. The van der Waals surface area contributed by atoms with Gasteiger partial charge in [0.15, 0.2) is 6.10 Å². The number of benzene rings is 2. The third kappa shape index (κ3) is 8.53. The summed E-state index contributed by atoms with van der Waals surface area (Å²) in [4.78, 5) is 70.7. The number of nitrogens with two attached hydrogens (primary N) is 1. The fraction of sp³-hybridized carbons (Fsp3) is 0.463. The lowest BCUT2D eigenvalue weighted by atomic mass is 9.85. The van der Waals surface area contributed by atoms with E-state index in [9.17, 15) is 19.2 Å². The Labute approximate surface area is 321 Å². The molecule has 14 heteroatoms. The number of hydrogen-bond donors (Lipinski definition) is 4. The van der Waals surface area contributed by atoms with Crippen LogP contribution in [0.1, 0.15) is 91.0 Å². The summed E-state index contributed by atoms with van der Waals surface area (Å²) in [5.41, 5.74) is 9.87. The molecule has 2 fully saturated rings. The van der Waals surface area contributed by atoms with Gasteiger partial charge in [-0.25, -0.2) is 19.6 Å². The molecule has 6 rings (SSSR count). The van der Waals surface area contributed by atoms with Gasteiger partial charge in [0.05, 0.1) is 43.0 Å². The van der Waals surface area contributed by atoms with Gasteiger partial charge < -0.3 is 40.3 Å². The van der Waals surface area contributed by atoms with Crippen molar-refractivity contribution in [1.82, 2.24) is 35.1 Å². The molecule has 2 aromatic heterocycles. The summed E-state index contributed by atoms with van der Waals surface area (Å²) in [6.45, 7) is 12.4. The molecule has 4 aromatic rings. The van der Waals surface area contributed by atoms with Crippen molar-refractivity contribution < 1.29 is 28.7 Å². The molecule has 4 atom stereocenters. The van der Waals surface area contributed by atoms with Gasteiger partial charge in [-0.1, -0.05) is 90.1 Å². The fourth-order valence-corrected chi connectivity index (χ4v) is 7.47. The first kappa shape index (κ1) is 39.0. The molecule has 5 N–H and O–H groups in total. The number of amides is 4. The Morgan fingerprint density at radius 1 is 0.727 bits per heavy atom. The van der Waals surface area contributed by atoms with Gasteiger partial charge >= 0.3 is 12.2 Å². The van der Waals surface area contributed by atoms with Crippen molar-refractivity contribution in [3.8, 4) is 33.6 Å². The summed E-state index contributed by atoms with van der Waals surface area (Å²) in [5.74, 6) is 0.971. The van der Waals surface area contributed by atoms with Crippen LogP contribution in [0.3, 0.4) is 0 Å². The molecule has 0 spiro atoms. The average Bonchev–Trinajstić information content (AvgIpc) is 3.98. The summed E-state index contributed by atoms with van der Waals surface area (Å²) >= 11 is 0. The SMILES string of the molecule is COC(=O)N[C@H](C(=O)N1CCC[C@H]1c1ncc(-c2ccc(-c3ccc(-c4cnc([C@@H]5CCCN5C(=O)[C@@H](OC(N)=O)C(C)(C)C)[nH]4)cc3)cc2)[nH]1)C(C)(C)C. The number of rotatable bonds is 9. The van der Waals surface area contributed by atoms with Crippen LogP contribution in [0.5, 0.6) is 0 Å². The number of primary amides is 1.